The molecule has 0 aromatic heterocycles. The number of para-hydroxylation sites is 3. The molecule has 0 aliphatic carbocycles. The number of benzene rings is 3. The van der Waals surface area contributed by atoms with Gasteiger partial charge in [-0.3, -0.25) is 9.69 Å². The summed E-state index contributed by atoms with van der Waals surface area (Å²) >= 11 is 0. The van der Waals surface area contributed by atoms with Gasteiger partial charge in [0.2, 0.25) is 5.91 Å². The Morgan fingerprint density at radius 2 is 1.50 bits per heavy atom. The monoisotopic (exact) mass is 346 g/mol. The van der Waals surface area contributed by atoms with Crippen LogP contribution in [0.15, 0.2) is 84.9 Å². The summed E-state index contributed by atoms with van der Waals surface area (Å²) in [4.78, 5) is 14.4. The zero-order valence-electron chi connectivity index (χ0n) is 14.8. The Bertz CT molecular complexity index is 835. The van der Waals surface area contributed by atoms with Crippen molar-refractivity contribution in [3.05, 3.63) is 90.5 Å². The molecule has 0 fully saturated rings. The standard InChI is InChI=1S/C22H22N2O2/c1-24(16-18-10-4-2-5-11-18)17-22(25)23-20-14-8-9-15-21(20)26-19-12-6-3-7-13-19/h2-15H,16-17H2,1H3,(H,23,25). The fraction of sp³-hybridized carbons (Fsp3) is 0.136. The van der Waals surface area contributed by atoms with E-state index in [2.05, 4.69) is 17.4 Å². The molecule has 4 heteroatoms. The van der Waals surface area contributed by atoms with Gasteiger partial charge in [0.15, 0.2) is 5.75 Å². The van der Waals surface area contributed by atoms with Gasteiger partial charge in [-0.05, 0) is 36.9 Å². The van der Waals surface area contributed by atoms with E-state index in [0.29, 0.717) is 18.0 Å². The average molecular weight is 346 g/mol. The number of amides is 1. The van der Waals surface area contributed by atoms with Gasteiger partial charge in [0.05, 0.1) is 12.2 Å². The molecule has 0 unspecified atom stereocenters. The van der Waals surface area contributed by atoms with Crippen LogP contribution in [-0.2, 0) is 11.3 Å². The molecule has 3 rings (SSSR count). The number of ether oxygens (including phenoxy) is 1. The van der Waals surface area contributed by atoms with Crippen molar-refractivity contribution in [3.8, 4) is 11.5 Å². The summed E-state index contributed by atoms with van der Waals surface area (Å²) in [6, 6.07) is 27.1. The van der Waals surface area contributed by atoms with Gasteiger partial charge in [-0.25, -0.2) is 0 Å². The zero-order chi connectivity index (χ0) is 18.2. The fourth-order valence-electron chi connectivity index (χ4n) is 2.66. The third kappa shape index (κ3) is 5.19. The predicted octanol–water partition coefficient (Wildman–Crippen LogP) is 4.55. The molecule has 26 heavy (non-hydrogen) atoms. The smallest absolute Gasteiger partial charge is 0.238 e. The molecular weight excluding hydrogens is 324 g/mol. The van der Waals surface area contributed by atoms with Crippen LogP contribution in [0.5, 0.6) is 11.5 Å². The molecular formula is C22H22N2O2. The van der Waals surface area contributed by atoms with Crippen LogP contribution >= 0.6 is 0 Å². The van der Waals surface area contributed by atoms with Gasteiger partial charge in [-0.15, -0.1) is 0 Å². The first-order valence-corrected chi connectivity index (χ1v) is 8.55. The van der Waals surface area contributed by atoms with Crippen molar-refractivity contribution in [2.45, 2.75) is 6.54 Å². The number of nitrogens with one attached hydrogen (secondary N) is 1. The highest BCUT2D eigenvalue weighted by molar-refractivity contribution is 5.93. The van der Waals surface area contributed by atoms with Gasteiger partial charge in [0.25, 0.3) is 0 Å². The van der Waals surface area contributed by atoms with E-state index >= 15 is 0 Å². The number of rotatable bonds is 7. The van der Waals surface area contributed by atoms with Crippen molar-refractivity contribution in [1.29, 1.82) is 0 Å². The van der Waals surface area contributed by atoms with Gasteiger partial charge < -0.3 is 10.1 Å². The van der Waals surface area contributed by atoms with Crippen LogP contribution in [0.4, 0.5) is 5.69 Å². The first kappa shape index (κ1) is 17.7. The van der Waals surface area contributed by atoms with Crippen molar-refractivity contribution >= 4 is 11.6 Å². The molecule has 3 aromatic carbocycles. The van der Waals surface area contributed by atoms with Gasteiger partial charge in [-0.1, -0.05) is 60.7 Å². The summed E-state index contributed by atoms with van der Waals surface area (Å²) in [5.74, 6) is 1.28. The molecule has 0 atom stereocenters. The van der Waals surface area contributed by atoms with E-state index in [0.717, 1.165) is 12.3 Å². The number of hydrogen-bond acceptors (Lipinski definition) is 3. The third-order valence-corrected chi connectivity index (χ3v) is 3.84. The van der Waals surface area contributed by atoms with Crippen molar-refractivity contribution < 1.29 is 9.53 Å². The Morgan fingerprint density at radius 3 is 2.23 bits per heavy atom. The molecule has 0 saturated heterocycles. The lowest BCUT2D eigenvalue weighted by Gasteiger charge is -2.17. The van der Waals surface area contributed by atoms with E-state index in [9.17, 15) is 4.79 Å². The molecule has 0 radical (unpaired) electrons. The largest absolute Gasteiger partial charge is 0.455 e. The Kier molecular flexibility index (Phi) is 6.01. The predicted molar refractivity (Wildman–Crippen MR) is 104 cm³/mol. The minimum Gasteiger partial charge on any atom is -0.455 e. The Hall–Kier alpha value is -3.11. The zero-order valence-corrected chi connectivity index (χ0v) is 14.8. The number of anilines is 1. The molecule has 0 saturated carbocycles. The maximum absolute atomic E-state index is 12.4. The van der Waals surface area contributed by atoms with Gasteiger partial charge in [0, 0.05) is 6.54 Å². The van der Waals surface area contributed by atoms with E-state index in [1.54, 1.807) is 0 Å². The SMILES string of the molecule is CN(CC(=O)Nc1ccccc1Oc1ccccc1)Cc1ccccc1. The second-order valence-electron chi connectivity index (χ2n) is 6.12. The topological polar surface area (TPSA) is 41.6 Å². The lowest BCUT2D eigenvalue weighted by atomic mass is 10.2. The molecule has 0 aliphatic rings. The first-order valence-electron chi connectivity index (χ1n) is 8.55. The highest BCUT2D eigenvalue weighted by atomic mass is 16.5. The van der Waals surface area contributed by atoms with E-state index < -0.39 is 0 Å². The second kappa shape index (κ2) is 8.83. The van der Waals surface area contributed by atoms with Crippen LogP contribution in [0.3, 0.4) is 0 Å². The molecule has 1 amide bonds. The maximum Gasteiger partial charge on any atom is 0.238 e. The molecule has 0 aliphatic heterocycles. The van der Waals surface area contributed by atoms with Gasteiger partial charge in [-0.2, -0.15) is 0 Å². The lowest BCUT2D eigenvalue weighted by molar-refractivity contribution is -0.117. The van der Waals surface area contributed by atoms with E-state index in [-0.39, 0.29) is 5.91 Å². The Balaban J connectivity index is 1.60. The summed E-state index contributed by atoms with van der Waals surface area (Å²) in [5, 5.41) is 2.94. The lowest BCUT2D eigenvalue weighted by Crippen LogP contribution is -2.29. The number of nitrogens with zero attached hydrogens (tertiary/aromatic N) is 1. The van der Waals surface area contributed by atoms with Gasteiger partial charge in [0.1, 0.15) is 5.75 Å². The summed E-state index contributed by atoms with van der Waals surface area (Å²) in [5.41, 5.74) is 1.84. The van der Waals surface area contributed by atoms with Crippen LogP contribution in [0.2, 0.25) is 0 Å². The number of hydrogen-bond donors (Lipinski definition) is 1. The van der Waals surface area contributed by atoms with Crippen LogP contribution in [0.25, 0.3) is 0 Å². The average Bonchev–Trinajstić information content (AvgIpc) is 2.65. The van der Waals surface area contributed by atoms with Crippen LogP contribution in [-0.4, -0.2) is 24.4 Å². The van der Waals surface area contributed by atoms with Crippen molar-refractivity contribution in [2.24, 2.45) is 0 Å². The van der Waals surface area contributed by atoms with Crippen molar-refractivity contribution in [1.82, 2.24) is 4.90 Å². The van der Waals surface area contributed by atoms with Crippen LogP contribution in [0, 0.1) is 0 Å². The Labute approximate surface area is 154 Å². The maximum atomic E-state index is 12.4. The van der Waals surface area contributed by atoms with Crippen LogP contribution < -0.4 is 10.1 Å². The molecule has 0 heterocycles. The molecule has 3 aromatic rings. The summed E-state index contributed by atoms with van der Waals surface area (Å²) in [6.07, 6.45) is 0. The molecule has 0 spiro atoms. The fourth-order valence-corrected chi connectivity index (χ4v) is 2.66. The molecule has 4 nitrogen and oxygen atoms in total. The molecule has 0 bridgehead atoms. The summed E-state index contributed by atoms with van der Waals surface area (Å²) < 4.78 is 5.88. The van der Waals surface area contributed by atoms with Crippen molar-refractivity contribution in [2.75, 3.05) is 18.9 Å². The highest BCUT2D eigenvalue weighted by Crippen LogP contribution is 2.29. The third-order valence-electron chi connectivity index (χ3n) is 3.84. The number of carbonyl (C=O) groups excluding carboxylic acids is 1. The minimum absolute atomic E-state index is 0.0763. The van der Waals surface area contributed by atoms with E-state index in [4.69, 9.17) is 4.74 Å². The number of carbonyl (C=O) groups is 1. The summed E-state index contributed by atoms with van der Waals surface area (Å²) in [7, 11) is 1.93. The van der Waals surface area contributed by atoms with Gasteiger partial charge >= 0.3 is 0 Å². The minimum atomic E-state index is -0.0763. The highest BCUT2D eigenvalue weighted by Gasteiger charge is 2.11. The molecule has 1 N–H and O–H groups in total. The number of likely N-dealkylation sites (N-methyl/N-ethyl adjacent to an activating group) is 1. The molecule has 132 valence electrons. The van der Waals surface area contributed by atoms with Crippen molar-refractivity contribution in [3.63, 3.8) is 0 Å². The Morgan fingerprint density at radius 1 is 0.885 bits per heavy atom. The van der Waals surface area contributed by atoms with Crippen LogP contribution in [0.1, 0.15) is 5.56 Å². The van der Waals surface area contributed by atoms with E-state index in [1.165, 1.54) is 5.56 Å². The first-order chi connectivity index (χ1) is 12.7. The second-order valence-corrected chi connectivity index (χ2v) is 6.12. The van der Waals surface area contributed by atoms with E-state index in [1.807, 2.05) is 84.7 Å². The summed E-state index contributed by atoms with van der Waals surface area (Å²) in [6.45, 7) is 1.02. The normalized spacial score (nSPS) is 10.5. The quantitative estimate of drug-likeness (QED) is 0.682.